The van der Waals surface area contributed by atoms with E-state index in [9.17, 15) is 9.59 Å². The maximum atomic E-state index is 14.3. The molecule has 4 heteroatoms. The van der Waals surface area contributed by atoms with Gasteiger partial charge >= 0.3 is 0 Å². The van der Waals surface area contributed by atoms with Crippen LogP contribution >= 0.6 is 0 Å². The van der Waals surface area contributed by atoms with E-state index in [1.165, 1.54) is 0 Å². The lowest BCUT2D eigenvalue weighted by Gasteiger charge is -2.42. The molecule has 0 aliphatic carbocycles. The first-order valence-corrected chi connectivity index (χ1v) is 12.5. The van der Waals surface area contributed by atoms with Crippen LogP contribution in [0.2, 0.25) is 0 Å². The Morgan fingerprint density at radius 1 is 0.694 bits per heavy atom. The van der Waals surface area contributed by atoms with Crippen LogP contribution in [0.15, 0.2) is 121 Å². The Balaban J connectivity index is 1.48. The molecule has 36 heavy (non-hydrogen) atoms. The Morgan fingerprint density at radius 2 is 1.19 bits per heavy atom. The highest BCUT2D eigenvalue weighted by Gasteiger charge is 2.40. The first-order chi connectivity index (χ1) is 17.7. The highest BCUT2D eigenvalue weighted by molar-refractivity contribution is 6.01. The zero-order chi connectivity index (χ0) is 24.7. The maximum absolute atomic E-state index is 14.3. The van der Waals surface area contributed by atoms with Gasteiger partial charge in [0.15, 0.2) is 0 Å². The molecule has 0 spiro atoms. The number of piperazine rings is 1. The van der Waals surface area contributed by atoms with E-state index in [1.807, 2.05) is 119 Å². The van der Waals surface area contributed by atoms with Crippen molar-refractivity contribution in [1.82, 2.24) is 4.90 Å². The number of rotatable bonds is 7. The molecular weight excluding hydrogens is 444 g/mol. The van der Waals surface area contributed by atoms with E-state index in [1.54, 1.807) is 0 Å². The molecule has 1 fully saturated rings. The molecule has 1 heterocycles. The maximum Gasteiger partial charge on any atom is 0.249 e. The summed E-state index contributed by atoms with van der Waals surface area (Å²) >= 11 is 0. The van der Waals surface area contributed by atoms with Gasteiger partial charge in [0.1, 0.15) is 6.04 Å². The van der Waals surface area contributed by atoms with Gasteiger partial charge < -0.3 is 9.80 Å². The smallest absolute Gasteiger partial charge is 0.249 e. The van der Waals surface area contributed by atoms with E-state index in [0.29, 0.717) is 19.5 Å². The average Bonchev–Trinajstić information content (AvgIpc) is 2.94. The number of carbonyl (C=O) groups is 2. The summed E-state index contributed by atoms with van der Waals surface area (Å²) in [5.41, 5.74) is 3.92. The molecule has 180 valence electrons. The molecule has 0 N–H and O–H groups in total. The Kier molecular flexibility index (Phi) is 7.23. The lowest BCUT2D eigenvalue weighted by molar-refractivity contribution is -0.142. The van der Waals surface area contributed by atoms with E-state index in [2.05, 4.69) is 12.1 Å². The number of amides is 2. The highest BCUT2D eigenvalue weighted by Crippen LogP contribution is 2.31. The van der Waals surface area contributed by atoms with Crippen molar-refractivity contribution >= 4 is 17.5 Å². The third-order valence-electron chi connectivity index (χ3n) is 6.90. The fourth-order valence-electron chi connectivity index (χ4n) is 5.08. The molecule has 2 amide bonds. The van der Waals surface area contributed by atoms with Crippen LogP contribution in [0.3, 0.4) is 0 Å². The Hall–Kier alpha value is -4.18. The molecular formula is C32H30N2O2. The van der Waals surface area contributed by atoms with Crippen LogP contribution < -0.4 is 4.90 Å². The molecule has 0 bridgehead atoms. The predicted octanol–water partition coefficient (Wildman–Crippen LogP) is 5.70. The molecule has 0 radical (unpaired) electrons. The van der Waals surface area contributed by atoms with Crippen LogP contribution in [0.4, 0.5) is 5.69 Å². The van der Waals surface area contributed by atoms with Gasteiger partial charge in [-0.3, -0.25) is 9.59 Å². The van der Waals surface area contributed by atoms with Gasteiger partial charge in [-0.15, -0.1) is 0 Å². The molecule has 1 unspecified atom stereocenters. The van der Waals surface area contributed by atoms with E-state index >= 15 is 0 Å². The van der Waals surface area contributed by atoms with Crippen LogP contribution in [0.1, 0.15) is 29.0 Å². The van der Waals surface area contributed by atoms with E-state index in [4.69, 9.17) is 0 Å². The van der Waals surface area contributed by atoms with Gasteiger partial charge in [-0.05, 0) is 41.7 Å². The predicted molar refractivity (Wildman–Crippen MR) is 144 cm³/mol. The summed E-state index contributed by atoms with van der Waals surface area (Å²) in [7, 11) is 0. The largest absolute Gasteiger partial charge is 0.328 e. The molecule has 4 aromatic carbocycles. The highest BCUT2D eigenvalue weighted by atomic mass is 16.2. The van der Waals surface area contributed by atoms with Crippen molar-refractivity contribution in [2.45, 2.75) is 24.8 Å². The number of nitrogens with zero attached hydrogens (tertiary/aromatic N) is 2. The fraction of sp³-hybridized carbons (Fsp3) is 0.188. The minimum Gasteiger partial charge on any atom is -0.328 e. The fourth-order valence-corrected chi connectivity index (χ4v) is 5.08. The normalized spacial score (nSPS) is 15.8. The van der Waals surface area contributed by atoms with Crippen LogP contribution in [-0.4, -0.2) is 35.8 Å². The van der Waals surface area contributed by atoms with Gasteiger partial charge in [-0.1, -0.05) is 109 Å². The van der Waals surface area contributed by atoms with Crippen molar-refractivity contribution in [3.63, 3.8) is 0 Å². The van der Waals surface area contributed by atoms with Crippen LogP contribution in [0.25, 0.3) is 0 Å². The number of hydrogen-bond donors (Lipinski definition) is 0. The molecule has 4 nitrogen and oxygen atoms in total. The summed E-state index contributed by atoms with van der Waals surface area (Å²) in [6.45, 7) is 0.974. The summed E-state index contributed by atoms with van der Waals surface area (Å²) in [5.74, 6) is -0.495. The van der Waals surface area contributed by atoms with Gasteiger partial charge in [0.25, 0.3) is 0 Å². The number of aryl methyl sites for hydroxylation is 1. The topological polar surface area (TPSA) is 40.6 Å². The van der Waals surface area contributed by atoms with Gasteiger partial charge in [0.05, 0.1) is 5.92 Å². The van der Waals surface area contributed by atoms with Crippen LogP contribution in [0.5, 0.6) is 0 Å². The number of hydrogen-bond acceptors (Lipinski definition) is 2. The van der Waals surface area contributed by atoms with Gasteiger partial charge in [-0.2, -0.15) is 0 Å². The second-order valence-corrected chi connectivity index (χ2v) is 9.15. The Morgan fingerprint density at radius 3 is 1.75 bits per heavy atom. The summed E-state index contributed by atoms with van der Waals surface area (Å²) in [4.78, 5) is 31.8. The van der Waals surface area contributed by atoms with Crippen molar-refractivity contribution < 1.29 is 9.59 Å². The quantitative estimate of drug-likeness (QED) is 0.345. The van der Waals surface area contributed by atoms with Gasteiger partial charge in [0.2, 0.25) is 11.8 Å². The van der Waals surface area contributed by atoms with Gasteiger partial charge in [-0.25, -0.2) is 0 Å². The summed E-state index contributed by atoms with van der Waals surface area (Å²) < 4.78 is 0. The average molecular weight is 475 g/mol. The van der Waals surface area contributed by atoms with Crippen molar-refractivity contribution in [2.24, 2.45) is 0 Å². The van der Waals surface area contributed by atoms with Crippen molar-refractivity contribution in [1.29, 1.82) is 0 Å². The summed E-state index contributed by atoms with van der Waals surface area (Å²) in [6.07, 6.45) is 1.30. The Bertz CT molecular complexity index is 1240. The van der Waals surface area contributed by atoms with Crippen LogP contribution in [-0.2, 0) is 16.0 Å². The van der Waals surface area contributed by atoms with E-state index in [0.717, 1.165) is 28.8 Å². The molecule has 1 saturated heterocycles. The first-order valence-electron chi connectivity index (χ1n) is 12.5. The monoisotopic (exact) mass is 474 g/mol. The van der Waals surface area contributed by atoms with Gasteiger partial charge in [0, 0.05) is 18.8 Å². The molecule has 1 aliphatic heterocycles. The minimum absolute atomic E-state index is 0.0170. The molecule has 0 aromatic heterocycles. The lowest BCUT2D eigenvalue weighted by atomic mass is 9.88. The third kappa shape index (κ3) is 5.08. The summed E-state index contributed by atoms with van der Waals surface area (Å²) in [5, 5.41) is 0. The lowest BCUT2D eigenvalue weighted by Crippen LogP contribution is -2.60. The number of benzene rings is 4. The minimum atomic E-state index is -0.526. The summed E-state index contributed by atoms with van der Waals surface area (Å²) in [6, 6.07) is 39.1. The standard InChI is InChI=1S/C32H30N2O2/c35-31-29(22-21-25-13-5-1-6-14-25)34(24-23-33(31)28-19-11-4-12-20-28)32(36)30(26-15-7-2-8-16-26)27-17-9-3-10-18-27/h1-20,29-30H,21-24H2. The Labute approximate surface area is 212 Å². The second-order valence-electron chi connectivity index (χ2n) is 9.15. The zero-order valence-corrected chi connectivity index (χ0v) is 20.2. The molecule has 4 aromatic rings. The van der Waals surface area contributed by atoms with Crippen molar-refractivity contribution in [3.8, 4) is 0 Å². The van der Waals surface area contributed by atoms with Crippen LogP contribution in [0, 0.1) is 0 Å². The van der Waals surface area contributed by atoms with Crippen molar-refractivity contribution in [2.75, 3.05) is 18.0 Å². The SMILES string of the molecule is O=C1C(CCc2ccccc2)N(C(=O)C(c2ccccc2)c2ccccc2)CCN1c1ccccc1. The van der Waals surface area contributed by atoms with E-state index < -0.39 is 12.0 Å². The third-order valence-corrected chi connectivity index (χ3v) is 6.90. The van der Waals surface area contributed by atoms with E-state index in [-0.39, 0.29) is 11.8 Å². The number of carbonyl (C=O) groups excluding carboxylic acids is 2. The zero-order valence-electron chi connectivity index (χ0n) is 20.2. The first kappa shape index (κ1) is 23.6. The molecule has 5 rings (SSSR count). The number of anilines is 1. The second kappa shape index (κ2) is 11.0. The molecule has 0 saturated carbocycles. The van der Waals surface area contributed by atoms with Crippen molar-refractivity contribution in [3.05, 3.63) is 138 Å². The molecule has 1 aliphatic rings. The molecule has 1 atom stereocenters. The number of para-hydroxylation sites is 1.